The van der Waals surface area contributed by atoms with Crippen LogP contribution >= 0.6 is 11.8 Å². The molecule has 1 nitrogen and oxygen atoms in total. The molecule has 2 N–H and O–H groups in total. The topological polar surface area (TPSA) is 26.0 Å². The first-order chi connectivity index (χ1) is 9.13. The fourth-order valence-electron chi connectivity index (χ4n) is 1.48. The highest BCUT2D eigenvalue weighted by Gasteiger charge is 2.03. The van der Waals surface area contributed by atoms with Gasteiger partial charge in [-0.3, -0.25) is 0 Å². The van der Waals surface area contributed by atoms with Crippen molar-refractivity contribution in [2.45, 2.75) is 10.7 Å². The van der Waals surface area contributed by atoms with Gasteiger partial charge in [-0.1, -0.05) is 29.7 Å². The number of hydrogen-bond donors (Lipinski definition) is 1. The minimum absolute atomic E-state index is 0.526. The molecule has 0 radical (unpaired) electrons. The number of rotatable bonds is 2. The lowest BCUT2D eigenvalue weighted by Crippen LogP contribution is -1.84. The lowest BCUT2D eigenvalue weighted by atomic mass is 10.2. The van der Waals surface area contributed by atoms with Crippen LogP contribution in [0.15, 0.2) is 53.4 Å². The Hall–Kier alpha value is -1.99. The Morgan fingerprint density at radius 3 is 2.26 bits per heavy atom. The van der Waals surface area contributed by atoms with Gasteiger partial charge >= 0.3 is 0 Å². The smallest absolute Gasteiger partial charge is 0.288 e. The highest BCUT2D eigenvalue weighted by molar-refractivity contribution is 7.99. The molecule has 0 fully saturated rings. The molecule has 0 spiro atoms. The molecule has 0 heterocycles. The van der Waals surface area contributed by atoms with Crippen molar-refractivity contribution in [1.29, 1.82) is 0 Å². The van der Waals surface area contributed by atoms with Crippen LogP contribution in [-0.4, -0.2) is 5.76 Å². The van der Waals surface area contributed by atoms with Crippen LogP contribution in [0.5, 0.6) is 0 Å². The monoisotopic (exact) mass is 275 g/mol. The number of nitrogen functional groups attached to an aromatic ring is 1. The third-order valence-electron chi connectivity index (χ3n) is 2.32. The van der Waals surface area contributed by atoms with Gasteiger partial charge in [0.05, 0.1) is 0 Å². The summed E-state index contributed by atoms with van der Waals surface area (Å²) in [4.78, 5) is 0.532. The second-order valence-corrected chi connectivity index (χ2v) is 4.84. The highest BCUT2D eigenvalue weighted by Crippen LogP contribution is 2.24. The molecule has 0 amide bonds. The van der Waals surface area contributed by atoms with Crippen LogP contribution in [0, 0.1) is 11.8 Å². The number of anilines is 1. The summed E-state index contributed by atoms with van der Waals surface area (Å²) in [6.07, 6.45) is 0. The average molecular weight is 275 g/mol. The quantitative estimate of drug-likeness (QED) is 0.509. The molecular weight excluding hydrogens is 264 g/mol. The number of nitrogens with two attached hydrogens (primary N) is 1. The van der Waals surface area contributed by atoms with Crippen LogP contribution in [0.2, 0.25) is 0 Å². The van der Waals surface area contributed by atoms with Gasteiger partial charge in [0.15, 0.2) is 0 Å². The number of thioether (sulfide) groups is 1. The largest absolute Gasteiger partial charge is 0.399 e. The van der Waals surface area contributed by atoms with Crippen molar-refractivity contribution >= 4 is 17.4 Å². The summed E-state index contributed by atoms with van der Waals surface area (Å²) in [5.41, 5.74) is 7.92. The van der Waals surface area contributed by atoms with Crippen molar-refractivity contribution < 1.29 is 8.78 Å². The Morgan fingerprint density at radius 1 is 0.947 bits per heavy atom. The van der Waals surface area contributed by atoms with Crippen LogP contribution < -0.4 is 5.73 Å². The summed E-state index contributed by atoms with van der Waals surface area (Å²) in [5.74, 6) is 3.54. The van der Waals surface area contributed by atoms with Crippen LogP contribution in [0.3, 0.4) is 0 Å². The molecule has 0 saturated carbocycles. The Bertz CT molecular complexity index is 612. The summed E-state index contributed by atoms with van der Waals surface area (Å²) in [6, 6.07) is 14.0. The molecule has 2 aromatic carbocycles. The molecule has 0 aliphatic carbocycles. The molecule has 96 valence electrons. The van der Waals surface area contributed by atoms with E-state index in [-0.39, 0.29) is 0 Å². The molecule has 0 bridgehead atoms. The number of halogens is 2. The van der Waals surface area contributed by atoms with E-state index in [0.29, 0.717) is 22.3 Å². The molecule has 0 unspecified atom stereocenters. The van der Waals surface area contributed by atoms with Gasteiger partial charge in [0, 0.05) is 21.7 Å². The summed E-state index contributed by atoms with van der Waals surface area (Å²) >= 11 is 0.526. The zero-order valence-corrected chi connectivity index (χ0v) is 10.8. The molecule has 4 heteroatoms. The molecular formula is C15H11F2NS. The van der Waals surface area contributed by atoms with E-state index in [0.717, 1.165) is 11.1 Å². The first kappa shape index (κ1) is 13.4. The maximum atomic E-state index is 12.2. The number of benzene rings is 2. The first-order valence-electron chi connectivity index (χ1n) is 5.56. The first-order valence-corrected chi connectivity index (χ1v) is 6.44. The normalized spacial score (nSPS) is 10.1. The fraction of sp³-hybridized carbons (Fsp3) is 0.0667. The summed E-state index contributed by atoms with van der Waals surface area (Å²) in [7, 11) is 0. The van der Waals surface area contributed by atoms with Crippen molar-refractivity contribution in [3.63, 3.8) is 0 Å². The zero-order valence-electron chi connectivity index (χ0n) is 9.94. The molecule has 0 aromatic heterocycles. The summed E-state index contributed by atoms with van der Waals surface area (Å²) in [6.45, 7) is 0. The van der Waals surface area contributed by atoms with Crippen molar-refractivity contribution in [1.82, 2.24) is 0 Å². The van der Waals surface area contributed by atoms with E-state index >= 15 is 0 Å². The molecule has 2 aromatic rings. The van der Waals surface area contributed by atoms with E-state index < -0.39 is 5.76 Å². The van der Waals surface area contributed by atoms with Gasteiger partial charge in [-0.05, 0) is 42.5 Å². The minimum atomic E-state index is -2.40. The van der Waals surface area contributed by atoms with E-state index in [4.69, 9.17) is 5.73 Å². The minimum Gasteiger partial charge on any atom is -0.399 e. The van der Waals surface area contributed by atoms with E-state index in [1.165, 1.54) is 0 Å². The molecule has 0 aliphatic heterocycles. The lowest BCUT2D eigenvalue weighted by molar-refractivity contribution is 0.252. The fourth-order valence-corrected chi connectivity index (χ4v) is 1.98. The molecule has 0 atom stereocenters. The Labute approximate surface area is 114 Å². The average Bonchev–Trinajstić information content (AvgIpc) is 2.37. The Balaban J connectivity index is 2.12. The van der Waals surface area contributed by atoms with Gasteiger partial charge in [0.25, 0.3) is 5.76 Å². The molecule has 19 heavy (non-hydrogen) atoms. The second-order valence-electron chi connectivity index (χ2n) is 3.78. The zero-order chi connectivity index (χ0) is 13.7. The summed E-state index contributed by atoms with van der Waals surface area (Å²) in [5, 5.41) is 0. The predicted molar refractivity (Wildman–Crippen MR) is 75.1 cm³/mol. The third kappa shape index (κ3) is 4.31. The number of hydrogen-bond acceptors (Lipinski definition) is 2. The second kappa shape index (κ2) is 6.26. The third-order valence-corrected chi connectivity index (χ3v) is 3.04. The number of alkyl halides is 2. The van der Waals surface area contributed by atoms with Crippen LogP contribution in [0.4, 0.5) is 14.5 Å². The van der Waals surface area contributed by atoms with Gasteiger partial charge in [0.2, 0.25) is 0 Å². The van der Waals surface area contributed by atoms with Gasteiger partial charge in [-0.25, -0.2) is 0 Å². The van der Waals surface area contributed by atoms with Gasteiger partial charge in [-0.15, -0.1) is 0 Å². The maximum Gasteiger partial charge on any atom is 0.288 e. The van der Waals surface area contributed by atoms with E-state index in [1.807, 2.05) is 12.1 Å². The van der Waals surface area contributed by atoms with Crippen LogP contribution in [0.25, 0.3) is 0 Å². The van der Waals surface area contributed by atoms with Crippen molar-refractivity contribution in [3.8, 4) is 11.8 Å². The molecule has 2 rings (SSSR count). The van der Waals surface area contributed by atoms with Crippen LogP contribution in [0.1, 0.15) is 11.1 Å². The Kier molecular flexibility index (Phi) is 4.43. The van der Waals surface area contributed by atoms with Crippen molar-refractivity contribution in [3.05, 3.63) is 59.7 Å². The van der Waals surface area contributed by atoms with E-state index in [2.05, 4.69) is 11.8 Å². The van der Waals surface area contributed by atoms with Crippen molar-refractivity contribution in [2.75, 3.05) is 5.73 Å². The Morgan fingerprint density at radius 2 is 1.63 bits per heavy atom. The lowest BCUT2D eigenvalue weighted by Gasteiger charge is -1.99. The van der Waals surface area contributed by atoms with E-state index in [9.17, 15) is 8.78 Å². The van der Waals surface area contributed by atoms with Crippen LogP contribution in [-0.2, 0) is 0 Å². The standard InChI is InChI=1S/C15H11F2NS/c16-15(17)19-14-8-6-11(7-9-14)4-5-12-2-1-3-13(18)10-12/h1-3,6-10,15H,18H2. The SMILES string of the molecule is Nc1cccc(C#Cc2ccc(SC(F)F)cc2)c1. The maximum absolute atomic E-state index is 12.2. The van der Waals surface area contributed by atoms with Gasteiger partial charge in [-0.2, -0.15) is 8.78 Å². The molecule has 0 saturated heterocycles. The predicted octanol–water partition coefficient (Wildman–Crippen LogP) is 3.98. The van der Waals surface area contributed by atoms with Gasteiger partial charge < -0.3 is 5.73 Å². The highest BCUT2D eigenvalue weighted by atomic mass is 32.2. The summed E-state index contributed by atoms with van der Waals surface area (Å²) < 4.78 is 24.3. The van der Waals surface area contributed by atoms with E-state index in [1.54, 1.807) is 36.4 Å². The van der Waals surface area contributed by atoms with Crippen molar-refractivity contribution in [2.24, 2.45) is 0 Å². The molecule has 0 aliphatic rings. The van der Waals surface area contributed by atoms with Gasteiger partial charge in [0.1, 0.15) is 0 Å².